The van der Waals surface area contributed by atoms with Crippen molar-refractivity contribution in [2.45, 2.75) is 149 Å². The van der Waals surface area contributed by atoms with Gasteiger partial charge in [-0.2, -0.15) is 0 Å². The Morgan fingerprint density at radius 3 is 2.05 bits per heavy atom. The van der Waals surface area contributed by atoms with Crippen LogP contribution >= 0.6 is 0 Å². The van der Waals surface area contributed by atoms with Crippen LogP contribution in [-0.4, -0.2) is 148 Å². The van der Waals surface area contributed by atoms with Crippen LogP contribution in [0.15, 0.2) is 30.3 Å². The van der Waals surface area contributed by atoms with Crippen LogP contribution in [-0.2, 0) is 39.9 Å². The van der Waals surface area contributed by atoms with Crippen molar-refractivity contribution in [2.75, 3.05) is 48.5 Å². The molecule has 1 aromatic carbocycles. The van der Waals surface area contributed by atoms with Crippen LogP contribution in [0.1, 0.15) is 86.1 Å². The normalized spacial score (nSPS) is 18.6. The molecule has 1 fully saturated rings. The van der Waals surface area contributed by atoms with Crippen LogP contribution in [0.3, 0.4) is 0 Å². The summed E-state index contributed by atoms with van der Waals surface area (Å²) in [6.07, 6.45) is 1.71. The molecule has 0 aliphatic carbocycles. The fourth-order valence-electron chi connectivity index (χ4n) is 8.63. The van der Waals surface area contributed by atoms with Gasteiger partial charge < -0.3 is 40.0 Å². The molecule has 0 unspecified atom stereocenters. The summed E-state index contributed by atoms with van der Waals surface area (Å²) in [5.41, 5.74) is 0.898. The van der Waals surface area contributed by atoms with Gasteiger partial charge in [0.2, 0.25) is 29.5 Å². The quantitative estimate of drug-likeness (QED) is 0.0837. The molecule has 5 amide bonds. The first kappa shape index (κ1) is 52.8. The largest absolute Gasteiger partial charge is 0.432 e. The first-order chi connectivity index (χ1) is 28.1. The summed E-state index contributed by atoms with van der Waals surface area (Å²) in [6.45, 7) is 18.2. The zero-order chi connectivity index (χ0) is 45.5. The maximum Gasteiger partial charge on any atom is 0.245 e. The van der Waals surface area contributed by atoms with Crippen molar-refractivity contribution in [3.8, 4) is 0 Å². The molecule has 1 aliphatic heterocycles. The van der Waals surface area contributed by atoms with Gasteiger partial charge in [0, 0.05) is 40.8 Å². The maximum absolute atomic E-state index is 14.4. The molecule has 15 heteroatoms. The van der Waals surface area contributed by atoms with Crippen molar-refractivity contribution in [1.82, 2.24) is 30.7 Å². The minimum absolute atomic E-state index is 0.000664. The average Bonchev–Trinajstić information content (AvgIpc) is 3.67. The van der Waals surface area contributed by atoms with E-state index in [1.807, 2.05) is 104 Å². The molecule has 1 aromatic rings. The smallest absolute Gasteiger partial charge is 0.245 e. The van der Waals surface area contributed by atoms with Gasteiger partial charge in [0.15, 0.2) is 8.32 Å². The second kappa shape index (κ2) is 24.9. The topological polar surface area (TPSA) is 170 Å². The van der Waals surface area contributed by atoms with E-state index in [1.165, 1.54) is 0 Å². The number of amides is 5. The lowest BCUT2D eigenvalue weighted by molar-refractivity contribution is -0.148. The molecule has 9 atom stereocenters. The predicted molar refractivity (Wildman–Crippen MR) is 239 cm³/mol. The van der Waals surface area contributed by atoms with Crippen molar-refractivity contribution in [3.63, 3.8) is 0 Å². The predicted octanol–water partition coefficient (Wildman–Crippen LogP) is 4.06. The Morgan fingerprint density at radius 1 is 0.900 bits per heavy atom. The molecule has 0 radical (unpaired) electrons. The number of rotatable bonds is 25. The monoisotopic (exact) mass is 861 g/mol. The fourth-order valence-corrected chi connectivity index (χ4v) is 9.67. The standard InChI is InChI=1S/C45H80N6O8Si/c1-15-31(6)40(50(10)45(56)38(29(2)3)48-44(55)39(30(4)5)49(8)9)36(58-11)28-37(52)51-25-19-23-35(51)41(59-12)32(7)42(53)47-34(27-33-21-17-16-18-22-33)43(54)46-24-20-26-60(13,14)57/h16-18,21-22,29-32,34-36,38-41,57H,15,19-20,23-28H2,1-14H3,(H,46,54)(H,47,53)(H,48,55)/t31-,32+,34-,35-,36+,38-,39-,40-,41+/m1/s1. The summed E-state index contributed by atoms with van der Waals surface area (Å²) in [5.74, 6) is -2.18. The van der Waals surface area contributed by atoms with Gasteiger partial charge >= 0.3 is 0 Å². The Morgan fingerprint density at radius 2 is 1.53 bits per heavy atom. The van der Waals surface area contributed by atoms with Gasteiger partial charge in [-0.1, -0.05) is 85.2 Å². The number of carbonyl (C=O) groups is 5. The highest BCUT2D eigenvalue weighted by Gasteiger charge is 2.43. The van der Waals surface area contributed by atoms with Gasteiger partial charge in [-0.15, -0.1) is 0 Å². The van der Waals surface area contributed by atoms with Crippen LogP contribution in [0.5, 0.6) is 0 Å². The molecule has 1 aliphatic rings. The molecular weight excluding hydrogens is 781 g/mol. The lowest BCUT2D eigenvalue weighted by Crippen LogP contribution is -2.59. The minimum atomic E-state index is -2.26. The minimum Gasteiger partial charge on any atom is -0.432 e. The van der Waals surface area contributed by atoms with Crippen molar-refractivity contribution in [1.29, 1.82) is 0 Å². The zero-order valence-electron chi connectivity index (χ0n) is 39.2. The number of benzene rings is 1. The van der Waals surface area contributed by atoms with E-state index in [0.29, 0.717) is 38.4 Å². The Hall–Kier alpha value is -3.37. The molecule has 0 saturated carbocycles. The maximum atomic E-state index is 14.4. The number of ether oxygens (including phenoxy) is 2. The number of carbonyl (C=O) groups excluding carboxylic acids is 5. The van der Waals surface area contributed by atoms with E-state index < -0.39 is 56.7 Å². The molecule has 2 rings (SSSR count). The molecule has 0 bridgehead atoms. The third-order valence-corrected chi connectivity index (χ3v) is 13.7. The number of hydrogen-bond donors (Lipinski definition) is 4. The van der Waals surface area contributed by atoms with Gasteiger partial charge in [-0.25, -0.2) is 0 Å². The van der Waals surface area contributed by atoms with E-state index in [-0.39, 0.29) is 53.7 Å². The Kier molecular flexibility index (Phi) is 21.9. The van der Waals surface area contributed by atoms with Gasteiger partial charge in [0.05, 0.1) is 42.7 Å². The second-order valence-corrected chi connectivity index (χ2v) is 22.6. The third kappa shape index (κ3) is 15.5. The van der Waals surface area contributed by atoms with Crippen LogP contribution in [0.2, 0.25) is 19.1 Å². The summed E-state index contributed by atoms with van der Waals surface area (Å²) in [5, 5.41) is 8.98. The number of hydrogen-bond acceptors (Lipinski definition) is 9. The van der Waals surface area contributed by atoms with Crippen molar-refractivity contribution in [2.24, 2.45) is 23.7 Å². The van der Waals surface area contributed by atoms with Crippen LogP contribution < -0.4 is 16.0 Å². The Labute approximate surface area is 362 Å². The van der Waals surface area contributed by atoms with Crippen LogP contribution in [0.25, 0.3) is 0 Å². The highest BCUT2D eigenvalue weighted by Crippen LogP contribution is 2.30. The van der Waals surface area contributed by atoms with Gasteiger partial charge in [0.25, 0.3) is 0 Å². The molecule has 342 valence electrons. The SMILES string of the molecule is CC[C@@H](C)[C@H]([C@H](CC(=O)N1CCC[C@@H]1[C@@H](OC)[C@H](C)C(=O)N[C@H](Cc1ccccc1)C(=O)NCCC[Si](C)(C)O)OC)N(C)C(=O)[C@H](NC(=O)[C@@H](C(C)C)N(C)C)C(C)C. The highest BCUT2D eigenvalue weighted by atomic mass is 28.4. The highest BCUT2D eigenvalue weighted by molar-refractivity contribution is 6.69. The van der Waals surface area contributed by atoms with Gasteiger partial charge in [-0.05, 0) is 75.8 Å². The average molecular weight is 861 g/mol. The van der Waals surface area contributed by atoms with E-state index in [4.69, 9.17) is 9.47 Å². The van der Waals surface area contributed by atoms with Crippen molar-refractivity contribution >= 4 is 37.9 Å². The number of methoxy groups -OCH3 is 2. The lowest BCUT2D eigenvalue weighted by atomic mass is 9.89. The molecule has 1 saturated heterocycles. The summed E-state index contributed by atoms with van der Waals surface area (Å²) in [4.78, 5) is 85.2. The molecular formula is C45H80N6O8Si. The molecule has 60 heavy (non-hydrogen) atoms. The first-order valence-electron chi connectivity index (χ1n) is 22.0. The molecule has 4 N–H and O–H groups in total. The second-order valence-electron chi connectivity index (χ2n) is 18.4. The number of nitrogens with one attached hydrogen (secondary N) is 3. The number of nitrogens with zero attached hydrogens (tertiary/aromatic N) is 3. The fraction of sp³-hybridized carbons (Fsp3) is 0.756. The van der Waals surface area contributed by atoms with E-state index in [1.54, 1.807) is 38.0 Å². The van der Waals surface area contributed by atoms with Gasteiger partial charge in [0.1, 0.15) is 12.1 Å². The lowest BCUT2D eigenvalue weighted by Gasteiger charge is -2.41. The van der Waals surface area contributed by atoms with Crippen LogP contribution in [0, 0.1) is 23.7 Å². The molecule has 1 heterocycles. The summed E-state index contributed by atoms with van der Waals surface area (Å²) >= 11 is 0. The van der Waals surface area contributed by atoms with Crippen molar-refractivity contribution in [3.05, 3.63) is 35.9 Å². The summed E-state index contributed by atoms with van der Waals surface area (Å²) in [6, 6.07) is 7.26. The van der Waals surface area contributed by atoms with E-state index >= 15 is 0 Å². The molecule has 0 aromatic heterocycles. The molecule has 0 spiro atoms. The molecule has 14 nitrogen and oxygen atoms in total. The summed E-state index contributed by atoms with van der Waals surface area (Å²) < 4.78 is 12.1. The number of likely N-dealkylation sites (N-methyl/N-ethyl adjacent to an activating group) is 2. The Balaban J connectivity index is 2.29. The van der Waals surface area contributed by atoms with E-state index in [9.17, 15) is 28.8 Å². The first-order valence-corrected chi connectivity index (χ1v) is 25.2. The van der Waals surface area contributed by atoms with E-state index in [0.717, 1.165) is 18.4 Å². The Bertz CT molecular complexity index is 1500. The van der Waals surface area contributed by atoms with Crippen LogP contribution in [0.4, 0.5) is 0 Å². The number of likely N-dealkylation sites (tertiary alicyclic amines) is 1. The van der Waals surface area contributed by atoms with Gasteiger partial charge in [-0.3, -0.25) is 28.9 Å². The van der Waals surface area contributed by atoms with Crippen molar-refractivity contribution < 1.29 is 38.2 Å². The zero-order valence-corrected chi connectivity index (χ0v) is 40.2. The van der Waals surface area contributed by atoms with E-state index in [2.05, 4.69) is 16.0 Å². The third-order valence-electron chi connectivity index (χ3n) is 12.1. The summed E-state index contributed by atoms with van der Waals surface area (Å²) in [7, 11) is 6.27.